The van der Waals surface area contributed by atoms with Gasteiger partial charge in [0.15, 0.2) is 0 Å². The molecule has 1 aromatic carbocycles. The van der Waals surface area contributed by atoms with Crippen LogP contribution >= 0.6 is 12.4 Å². The van der Waals surface area contributed by atoms with E-state index in [1.54, 1.807) is 30.2 Å². The topological polar surface area (TPSA) is 79.9 Å². The summed E-state index contributed by atoms with van der Waals surface area (Å²) in [7, 11) is 1.56. The van der Waals surface area contributed by atoms with E-state index in [9.17, 15) is 9.59 Å². The lowest BCUT2D eigenvalue weighted by atomic mass is 9.93. The van der Waals surface area contributed by atoms with Gasteiger partial charge in [-0.3, -0.25) is 9.59 Å². The molecule has 2 N–H and O–H groups in total. The number of hydrogen-bond acceptors (Lipinski definition) is 5. The van der Waals surface area contributed by atoms with Gasteiger partial charge >= 0.3 is 0 Å². The van der Waals surface area contributed by atoms with Gasteiger partial charge in [0.05, 0.1) is 26.0 Å². The second-order valence-corrected chi connectivity index (χ2v) is 7.10. The summed E-state index contributed by atoms with van der Waals surface area (Å²) in [5.74, 6) is 1.07. The Kier molecular flexibility index (Phi) is 9.02. The lowest BCUT2D eigenvalue weighted by Gasteiger charge is -2.27. The molecule has 0 saturated carbocycles. The number of methoxy groups -OCH3 is 1. The van der Waals surface area contributed by atoms with Gasteiger partial charge in [-0.1, -0.05) is 0 Å². The molecule has 0 radical (unpaired) electrons. The van der Waals surface area contributed by atoms with Crippen LogP contribution in [0.5, 0.6) is 5.75 Å². The van der Waals surface area contributed by atoms with Gasteiger partial charge in [0.25, 0.3) is 5.91 Å². The van der Waals surface area contributed by atoms with Crippen molar-refractivity contribution in [2.45, 2.75) is 25.7 Å². The van der Waals surface area contributed by atoms with E-state index in [2.05, 4.69) is 10.6 Å². The average molecular weight is 412 g/mol. The number of halogens is 1. The molecule has 2 saturated heterocycles. The standard InChI is InChI=1S/C20H29N3O4.ClH/c1-26-18-4-3-16(20(25)23-10-12-27-13-11-23)14-17(18)22-19(24)5-2-15-6-8-21-9-7-15;/h3-4,14-15,21H,2,5-13H2,1H3,(H,22,24);1H. The van der Waals surface area contributed by atoms with E-state index < -0.39 is 0 Å². The molecule has 0 aromatic heterocycles. The number of carbonyl (C=O) groups excluding carboxylic acids is 2. The van der Waals surface area contributed by atoms with Crippen molar-refractivity contribution < 1.29 is 19.1 Å². The summed E-state index contributed by atoms with van der Waals surface area (Å²) < 4.78 is 10.7. The summed E-state index contributed by atoms with van der Waals surface area (Å²) in [4.78, 5) is 26.9. The van der Waals surface area contributed by atoms with E-state index in [0.717, 1.165) is 32.4 Å². The molecular formula is C20H30ClN3O4. The minimum Gasteiger partial charge on any atom is -0.495 e. The number of rotatable bonds is 6. The number of amides is 2. The Morgan fingerprint density at radius 1 is 1.25 bits per heavy atom. The number of piperidine rings is 1. The fourth-order valence-electron chi connectivity index (χ4n) is 3.61. The molecular weight excluding hydrogens is 382 g/mol. The van der Waals surface area contributed by atoms with Crippen molar-refractivity contribution in [1.29, 1.82) is 0 Å². The van der Waals surface area contributed by atoms with Gasteiger partial charge in [-0.2, -0.15) is 0 Å². The van der Waals surface area contributed by atoms with Gasteiger partial charge in [0.1, 0.15) is 5.75 Å². The summed E-state index contributed by atoms with van der Waals surface area (Å²) >= 11 is 0. The molecule has 0 atom stereocenters. The first-order valence-corrected chi connectivity index (χ1v) is 9.73. The second kappa shape index (κ2) is 11.2. The Balaban J connectivity index is 0.00000280. The predicted molar refractivity (Wildman–Crippen MR) is 110 cm³/mol. The van der Waals surface area contributed by atoms with Crippen LogP contribution in [0.2, 0.25) is 0 Å². The van der Waals surface area contributed by atoms with Crippen LogP contribution in [0.25, 0.3) is 0 Å². The Bertz CT molecular complexity index is 659. The number of benzene rings is 1. The molecule has 1 aromatic rings. The zero-order valence-corrected chi connectivity index (χ0v) is 17.2. The first-order valence-electron chi connectivity index (χ1n) is 9.73. The van der Waals surface area contributed by atoms with E-state index in [0.29, 0.717) is 55.6 Å². The molecule has 2 heterocycles. The summed E-state index contributed by atoms with van der Waals surface area (Å²) in [6.07, 6.45) is 3.62. The van der Waals surface area contributed by atoms with Crippen molar-refractivity contribution in [2.24, 2.45) is 5.92 Å². The first kappa shape index (κ1) is 22.5. The van der Waals surface area contributed by atoms with Crippen molar-refractivity contribution in [2.75, 3.05) is 51.8 Å². The van der Waals surface area contributed by atoms with Crippen molar-refractivity contribution in [1.82, 2.24) is 10.2 Å². The smallest absolute Gasteiger partial charge is 0.254 e. The number of anilines is 1. The van der Waals surface area contributed by atoms with Gasteiger partial charge < -0.3 is 25.0 Å². The molecule has 28 heavy (non-hydrogen) atoms. The molecule has 2 amide bonds. The zero-order valence-electron chi connectivity index (χ0n) is 16.4. The van der Waals surface area contributed by atoms with Crippen molar-refractivity contribution in [3.05, 3.63) is 23.8 Å². The number of nitrogens with one attached hydrogen (secondary N) is 2. The van der Waals surface area contributed by atoms with Gasteiger partial charge in [-0.15, -0.1) is 12.4 Å². The molecule has 0 unspecified atom stereocenters. The van der Waals surface area contributed by atoms with Crippen LogP contribution in [0.1, 0.15) is 36.0 Å². The predicted octanol–water partition coefficient (Wildman–Crippen LogP) is 2.31. The maximum Gasteiger partial charge on any atom is 0.254 e. The Hall–Kier alpha value is -1.83. The van der Waals surface area contributed by atoms with Crippen LogP contribution in [0.15, 0.2) is 18.2 Å². The lowest BCUT2D eigenvalue weighted by Crippen LogP contribution is -2.40. The Morgan fingerprint density at radius 3 is 2.64 bits per heavy atom. The summed E-state index contributed by atoms with van der Waals surface area (Å²) in [5, 5.41) is 6.26. The normalized spacial score (nSPS) is 17.5. The number of ether oxygens (including phenoxy) is 2. The second-order valence-electron chi connectivity index (χ2n) is 7.10. The molecule has 2 aliphatic rings. The third-order valence-electron chi connectivity index (χ3n) is 5.26. The average Bonchev–Trinajstić information content (AvgIpc) is 2.73. The molecule has 0 bridgehead atoms. The highest BCUT2D eigenvalue weighted by atomic mass is 35.5. The van der Waals surface area contributed by atoms with Gasteiger partial charge in [0.2, 0.25) is 5.91 Å². The van der Waals surface area contributed by atoms with Crippen LogP contribution in [-0.2, 0) is 9.53 Å². The minimum absolute atomic E-state index is 0. The molecule has 0 aliphatic carbocycles. The van der Waals surface area contributed by atoms with Crippen LogP contribution in [0.4, 0.5) is 5.69 Å². The monoisotopic (exact) mass is 411 g/mol. The van der Waals surface area contributed by atoms with Crippen LogP contribution in [0.3, 0.4) is 0 Å². The third-order valence-corrected chi connectivity index (χ3v) is 5.26. The van der Waals surface area contributed by atoms with E-state index in [1.807, 2.05) is 0 Å². The highest BCUT2D eigenvalue weighted by Crippen LogP contribution is 2.27. The Labute approximate surface area is 172 Å². The highest BCUT2D eigenvalue weighted by molar-refractivity contribution is 5.98. The van der Waals surface area contributed by atoms with Crippen LogP contribution in [0, 0.1) is 5.92 Å². The van der Waals surface area contributed by atoms with Gasteiger partial charge in [0, 0.05) is 25.1 Å². The largest absolute Gasteiger partial charge is 0.495 e. The molecule has 0 spiro atoms. The fraction of sp³-hybridized carbons (Fsp3) is 0.600. The Morgan fingerprint density at radius 2 is 1.96 bits per heavy atom. The van der Waals surface area contributed by atoms with Crippen molar-refractivity contribution in [3.63, 3.8) is 0 Å². The van der Waals surface area contributed by atoms with Crippen LogP contribution in [-0.4, -0.2) is 63.2 Å². The summed E-state index contributed by atoms with van der Waals surface area (Å²) in [5.41, 5.74) is 1.10. The minimum atomic E-state index is -0.0499. The maximum atomic E-state index is 12.7. The summed E-state index contributed by atoms with van der Waals surface area (Å²) in [6.45, 7) is 4.35. The van der Waals surface area contributed by atoms with Crippen LogP contribution < -0.4 is 15.4 Å². The third kappa shape index (κ3) is 6.09. The molecule has 156 valence electrons. The number of carbonyl (C=O) groups is 2. The van der Waals surface area contributed by atoms with Gasteiger partial charge in [-0.05, 0) is 56.5 Å². The first-order chi connectivity index (χ1) is 13.2. The maximum absolute atomic E-state index is 12.7. The van der Waals surface area contributed by atoms with Crippen molar-refractivity contribution in [3.8, 4) is 5.75 Å². The highest BCUT2D eigenvalue weighted by Gasteiger charge is 2.20. The molecule has 7 nitrogen and oxygen atoms in total. The summed E-state index contributed by atoms with van der Waals surface area (Å²) in [6, 6.07) is 5.18. The van der Waals surface area contributed by atoms with Gasteiger partial charge in [-0.25, -0.2) is 0 Å². The SMILES string of the molecule is COc1ccc(C(=O)N2CCOCC2)cc1NC(=O)CCC1CCNCC1.Cl. The van der Waals surface area contributed by atoms with E-state index in [4.69, 9.17) is 9.47 Å². The molecule has 3 rings (SSSR count). The molecule has 8 heteroatoms. The van der Waals surface area contributed by atoms with E-state index in [-0.39, 0.29) is 24.2 Å². The quantitative estimate of drug-likeness (QED) is 0.750. The van der Waals surface area contributed by atoms with E-state index >= 15 is 0 Å². The van der Waals surface area contributed by atoms with Crippen molar-refractivity contribution >= 4 is 29.9 Å². The zero-order chi connectivity index (χ0) is 19.1. The fourth-order valence-corrected chi connectivity index (χ4v) is 3.61. The number of nitrogens with zero attached hydrogens (tertiary/aromatic N) is 1. The molecule has 2 aliphatic heterocycles. The van der Waals surface area contributed by atoms with E-state index in [1.165, 1.54) is 0 Å². The lowest BCUT2D eigenvalue weighted by molar-refractivity contribution is -0.116. The molecule has 2 fully saturated rings. The number of morpholine rings is 1. The number of hydrogen-bond donors (Lipinski definition) is 2.